The Hall–Kier alpha value is -2.64. The first-order chi connectivity index (χ1) is 14.6. The van der Waals surface area contributed by atoms with E-state index in [1.165, 1.54) is 28.7 Å². The van der Waals surface area contributed by atoms with Crippen molar-refractivity contribution in [2.45, 2.75) is 30.3 Å². The van der Waals surface area contributed by atoms with Crippen LogP contribution < -0.4 is 5.32 Å². The normalized spacial score (nSPS) is 15.3. The largest absolute Gasteiger partial charge is 0.307 e. The van der Waals surface area contributed by atoms with Gasteiger partial charge >= 0.3 is 0 Å². The van der Waals surface area contributed by atoms with E-state index in [0.717, 1.165) is 32.5 Å². The summed E-state index contributed by atoms with van der Waals surface area (Å²) in [5.74, 6) is -0.107. The van der Waals surface area contributed by atoms with Crippen LogP contribution in [0.25, 0.3) is 0 Å². The van der Waals surface area contributed by atoms with Crippen LogP contribution in [0.15, 0.2) is 65.7 Å². The summed E-state index contributed by atoms with van der Waals surface area (Å²) in [4.78, 5) is 16.2. The molecule has 0 saturated carbocycles. The predicted molar refractivity (Wildman–Crippen MR) is 118 cm³/mol. The molecule has 1 aliphatic heterocycles. The molecule has 0 bridgehead atoms. The molecule has 0 unspecified atom stereocenters. The molecule has 1 fully saturated rings. The van der Waals surface area contributed by atoms with E-state index >= 15 is 0 Å². The fraction of sp³-hybridized carbons (Fsp3) is 0.304. The van der Waals surface area contributed by atoms with Gasteiger partial charge in [-0.3, -0.25) is 9.69 Å². The molecule has 156 valence electrons. The number of piperidine rings is 1. The molecule has 0 atom stereocenters. The van der Waals surface area contributed by atoms with Gasteiger partial charge in [0.2, 0.25) is 0 Å². The Bertz CT molecular complexity index is 1010. The molecule has 1 amide bonds. The maximum atomic E-state index is 13.4. The monoisotopic (exact) mass is 424 g/mol. The number of carbonyl (C=O) groups excluding carboxylic acids is 1. The van der Waals surface area contributed by atoms with E-state index in [-0.39, 0.29) is 11.9 Å². The molecular weight excluding hydrogens is 399 g/mol. The Morgan fingerprint density at radius 2 is 1.97 bits per heavy atom. The van der Waals surface area contributed by atoms with Crippen LogP contribution in [-0.2, 0) is 6.54 Å². The number of nitrogens with one attached hydrogen (secondary N) is 1. The average Bonchev–Trinajstić information content (AvgIpc) is 3.22. The van der Waals surface area contributed by atoms with Gasteiger partial charge in [-0.2, -0.15) is 5.10 Å². The van der Waals surface area contributed by atoms with E-state index in [2.05, 4.69) is 45.8 Å². The minimum Gasteiger partial charge on any atom is -0.307 e. The average molecular weight is 425 g/mol. The second kappa shape index (κ2) is 9.45. The summed E-state index contributed by atoms with van der Waals surface area (Å²) >= 11 is 1.76. The van der Waals surface area contributed by atoms with Crippen molar-refractivity contribution in [3.8, 4) is 0 Å². The summed E-state index contributed by atoms with van der Waals surface area (Å²) in [7, 11) is 0. The third kappa shape index (κ3) is 4.91. The Morgan fingerprint density at radius 3 is 2.73 bits per heavy atom. The van der Waals surface area contributed by atoms with Crippen LogP contribution >= 0.6 is 11.8 Å². The molecule has 7 heteroatoms. The highest BCUT2D eigenvalue weighted by Gasteiger charge is 2.23. The lowest BCUT2D eigenvalue weighted by Crippen LogP contribution is -2.35. The number of nitrogens with zero attached hydrogens (tertiary/aromatic N) is 3. The third-order valence-corrected chi connectivity index (χ3v) is 6.17. The Labute approximate surface area is 180 Å². The molecule has 1 aliphatic rings. The van der Waals surface area contributed by atoms with Crippen LogP contribution in [-0.4, -0.2) is 39.9 Å². The topological polar surface area (TPSA) is 50.2 Å². The zero-order valence-electron chi connectivity index (χ0n) is 16.9. The van der Waals surface area contributed by atoms with Crippen LogP contribution in [0, 0.1) is 5.82 Å². The summed E-state index contributed by atoms with van der Waals surface area (Å²) < 4.78 is 15.3. The molecule has 4 rings (SSSR count). The first-order valence-electron chi connectivity index (χ1n) is 10.1. The van der Waals surface area contributed by atoms with E-state index in [9.17, 15) is 9.18 Å². The summed E-state index contributed by atoms with van der Waals surface area (Å²) in [6.07, 6.45) is 5.72. The first-order valence-corrected chi connectivity index (χ1v) is 11.3. The number of rotatable bonds is 6. The highest BCUT2D eigenvalue weighted by atomic mass is 32.2. The van der Waals surface area contributed by atoms with Crippen molar-refractivity contribution in [1.82, 2.24) is 14.7 Å². The second-order valence-corrected chi connectivity index (χ2v) is 8.36. The molecule has 2 heterocycles. The van der Waals surface area contributed by atoms with Crippen LogP contribution in [0.3, 0.4) is 0 Å². The number of hydrogen-bond donors (Lipinski definition) is 1. The quantitative estimate of drug-likeness (QED) is 0.576. The fourth-order valence-corrected chi connectivity index (χ4v) is 4.36. The number of carbonyl (C=O) groups is 1. The zero-order chi connectivity index (χ0) is 20.9. The van der Waals surface area contributed by atoms with Crippen LogP contribution in [0.5, 0.6) is 0 Å². The number of likely N-dealkylation sites (tertiary alicyclic amines) is 1. The molecule has 1 saturated heterocycles. The van der Waals surface area contributed by atoms with E-state index in [1.807, 2.05) is 4.68 Å². The predicted octanol–water partition coefficient (Wildman–Crippen LogP) is 4.83. The second-order valence-electron chi connectivity index (χ2n) is 7.48. The lowest BCUT2D eigenvalue weighted by atomic mass is 10.0. The molecule has 1 aromatic heterocycles. The van der Waals surface area contributed by atoms with Crippen LogP contribution in [0.1, 0.15) is 34.8 Å². The number of aromatic nitrogens is 2. The van der Waals surface area contributed by atoms with Gasteiger partial charge in [-0.25, -0.2) is 9.07 Å². The van der Waals surface area contributed by atoms with Crippen molar-refractivity contribution >= 4 is 23.5 Å². The number of anilines is 1. The maximum Gasteiger partial charge on any atom is 0.256 e. The minimum absolute atomic E-state index is 0.233. The lowest BCUT2D eigenvalue weighted by molar-refractivity contribution is 0.102. The van der Waals surface area contributed by atoms with E-state index < -0.39 is 5.82 Å². The molecular formula is C23H25FN4OS. The minimum atomic E-state index is -0.424. The SMILES string of the molecule is CSc1cccc(CN2CCC(n3nccc3NC(=O)c3cccc(F)c3)CC2)c1. The molecule has 0 spiro atoms. The number of hydrogen-bond acceptors (Lipinski definition) is 4. The molecule has 5 nitrogen and oxygen atoms in total. The summed E-state index contributed by atoms with van der Waals surface area (Å²) in [5.41, 5.74) is 1.63. The summed E-state index contributed by atoms with van der Waals surface area (Å²) in [5, 5.41) is 7.32. The van der Waals surface area contributed by atoms with Gasteiger partial charge in [0.25, 0.3) is 5.91 Å². The molecule has 2 aromatic carbocycles. The molecule has 3 aromatic rings. The van der Waals surface area contributed by atoms with Crippen molar-refractivity contribution in [2.75, 3.05) is 24.7 Å². The summed E-state index contributed by atoms with van der Waals surface area (Å²) in [6.45, 7) is 2.90. The molecule has 1 N–H and O–H groups in total. The number of thioether (sulfide) groups is 1. The van der Waals surface area contributed by atoms with Gasteiger partial charge in [0.05, 0.1) is 12.2 Å². The van der Waals surface area contributed by atoms with Crippen molar-refractivity contribution in [3.05, 3.63) is 77.7 Å². The van der Waals surface area contributed by atoms with Crippen LogP contribution in [0.2, 0.25) is 0 Å². The molecule has 0 radical (unpaired) electrons. The van der Waals surface area contributed by atoms with E-state index in [1.54, 1.807) is 30.1 Å². The highest BCUT2D eigenvalue weighted by Crippen LogP contribution is 2.27. The Balaban J connectivity index is 1.36. The van der Waals surface area contributed by atoms with Crippen molar-refractivity contribution < 1.29 is 9.18 Å². The molecule has 0 aliphatic carbocycles. The molecule has 30 heavy (non-hydrogen) atoms. The van der Waals surface area contributed by atoms with E-state index in [4.69, 9.17) is 0 Å². The van der Waals surface area contributed by atoms with Gasteiger partial charge in [0.1, 0.15) is 11.6 Å². The smallest absolute Gasteiger partial charge is 0.256 e. The maximum absolute atomic E-state index is 13.4. The van der Waals surface area contributed by atoms with Gasteiger partial charge in [0.15, 0.2) is 0 Å². The highest BCUT2D eigenvalue weighted by molar-refractivity contribution is 7.98. The first kappa shape index (κ1) is 20.6. The Morgan fingerprint density at radius 1 is 1.17 bits per heavy atom. The van der Waals surface area contributed by atoms with Gasteiger partial charge in [-0.1, -0.05) is 18.2 Å². The van der Waals surface area contributed by atoms with Crippen molar-refractivity contribution in [3.63, 3.8) is 0 Å². The zero-order valence-corrected chi connectivity index (χ0v) is 17.7. The lowest BCUT2D eigenvalue weighted by Gasteiger charge is -2.32. The standard InChI is InChI=1S/C23H25FN4OS/c1-30-21-7-2-4-17(14-21)16-27-12-9-20(10-13-27)28-22(8-11-25-28)26-23(29)18-5-3-6-19(24)15-18/h2-8,11,14-15,20H,9-10,12-13,16H2,1H3,(H,26,29). The van der Waals surface area contributed by atoms with Crippen molar-refractivity contribution in [1.29, 1.82) is 0 Å². The van der Waals surface area contributed by atoms with Gasteiger partial charge in [-0.15, -0.1) is 11.8 Å². The van der Waals surface area contributed by atoms with Gasteiger partial charge in [-0.05, 0) is 55.0 Å². The number of halogens is 1. The van der Waals surface area contributed by atoms with E-state index in [0.29, 0.717) is 11.4 Å². The summed E-state index contributed by atoms with van der Waals surface area (Å²) in [6, 6.07) is 16.4. The Kier molecular flexibility index (Phi) is 6.50. The van der Waals surface area contributed by atoms with Crippen molar-refractivity contribution in [2.24, 2.45) is 0 Å². The fourth-order valence-electron chi connectivity index (χ4n) is 3.87. The van der Waals surface area contributed by atoms with Gasteiger partial charge < -0.3 is 5.32 Å². The third-order valence-electron chi connectivity index (χ3n) is 5.44. The van der Waals surface area contributed by atoms with Gasteiger partial charge in [0, 0.05) is 36.2 Å². The number of benzene rings is 2. The number of amides is 1. The van der Waals surface area contributed by atoms with Crippen LogP contribution in [0.4, 0.5) is 10.2 Å².